The van der Waals surface area contributed by atoms with Crippen molar-refractivity contribution < 1.29 is 19.6 Å². The Morgan fingerprint density at radius 1 is 0.969 bits per heavy atom. The zero-order chi connectivity index (χ0) is 23.0. The van der Waals surface area contributed by atoms with E-state index in [0.717, 1.165) is 5.56 Å². The molecule has 1 heterocycles. The van der Waals surface area contributed by atoms with Crippen LogP contribution in [0.2, 0.25) is 5.02 Å². The van der Waals surface area contributed by atoms with Crippen molar-refractivity contribution in [3.63, 3.8) is 0 Å². The van der Waals surface area contributed by atoms with Gasteiger partial charge in [0.1, 0.15) is 5.76 Å². The van der Waals surface area contributed by atoms with Gasteiger partial charge in [0.25, 0.3) is 17.4 Å². The maximum Gasteiger partial charge on any atom is 0.300 e. The Bertz CT molecular complexity index is 1250. The van der Waals surface area contributed by atoms with Crippen LogP contribution in [0, 0.1) is 17.0 Å². The van der Waals surface area contributed by atoms with Crippen molar-refractivity contribution in [2.75, 3.05) is 4.90 Å². The van der Waals surface area contributed by atoms with E-state index in [0.29, 0.717) is 16.3 Å². The molecule has 1 aliphatic rings. The van der Waals surface area contributed by atoms with Gasteiger partial charge >= 0.3 is 0 Å². The smallest absolute Gasteiger partial charge is 0.300 e. The molecule has 1 unspecified atom stereocenters. The average molecular weight is 449 g/mol. The van der Waals surface area contributed by atoms with Crippen LogP contribution in [0.3, 0.4) is 0 Å². The van der Waals surface area contributed by atoms with Gasteiger partial charge < -0.3 is 5.11 Å². The number of non-ortho nitro benzene ring substituents is 1. The number of hydrogen-bond acceptors (Lipinski definition) is 5. The van der Waals surface area contributed by atoms with Crippen LogP contribution in [-0.4, -0.2) is 21.7 Å². The number of carbonyl (C=O) groups excluding carboxylic acids is 2. The number of ketones is 1. The summed E-state index contributed by atoms with van der Waals surface area (Å²) in [7, 11) is 0. The maximum absolute atomic E-state index is 13.1. The summed E-state index contributed by atoms with van der Waals surface area (Å²) in [6, 6.07) is 18.0. The van der Waals surface area contributed by atoms with E-state index < -0.39 is 28.4 Å². The highest BCUT2D eigenvalue weighted by Gasteiger charge is 2.46. The summed E-state index contributed by atoms with van der Waals surface area (Å²) in [4.78, 5) is 37.8. The lowest BCUT2D eigenvalue weighted by atomic mass is 9.95. The number of nitro groups is 1. The molecule has 1 fully saturated rings. The van der Waals surface area contributed by atoms with Crippen LogP contribution >= 0.6 is 11.6 Å². The molecular formula is C24H17ClN2O5. The number of hydrogen-bond donors (Lipinski definition) is 1. The maximum atomic E-state index is 13.1. The number of rotatable bonds is 4. The minimum atomic E-state index is -0.898. The van der Waals surface area contributed by atoms with Crippen LogP contribution in [0.15, 0.2) is 78.4 Å². The van der Waals surface area contributed by atoms with Crippen molar-refractivity contribution in [1.82, 2.24) is 0 Å². The van der Waals surface area contributed by atoms with Gasteiger partial charge in [-0.25, -0.2) is 0 Å². The second-order valence-electron chi connectivity index (χ2n) is 7.36. The molecule has 0 spiro atoms. The monoisotopic (exact) mass is 448 g/mol. The SMILES string of the molecule is Cc1ccc(N2C(=O)C(=O)/C(=C(\O)c3ccc([N+](=O)[O-])cc3)C2c2ccc(Cl)cc2)cc1. The van der Waals surface area contributed by atoms with Crippen molar-refractivity contribution >= 4 is 40.4 Å². The molecule has 1 N–H and O–H groups in total. The lowest BCUT2D eigenvalue weighted by Gasteiger charge is -2.25. The van der Waals surface area contributed by atoms with Crippen LogP contribution in [0.25, 0.3) is 5.76 Å². The number of nitro benzene ring substituents is 1. The Balaban J connectivity index is 1.90. The van der Waals surface area contributed by atoms with Crippen LogP contribution in [-0.2, 0) is 9.59 Å². The van der Waals surface area contributed by atoms with E-state index in [2.05, 4.69) is 0 Å². The molecule has 160 valence electrons. The number of halogens is 1. The molecule has 7 nitrogen and oxygen atoms in total. The number of anilines is 1. The number of carbonyl (C=O) groups is 2. The molecule has 8 heteroatoms. The van der Waals surface area contributed by atoms with Crippen LogP contribution in [0.5, 0.6) is 0 Å². The Labute approximate surface area is 188 Å². The van der Waals surface area contributed by atoms with Gasteiger partial charge in [-0.05, 0) is 48.9 Å². The van der Waals surface area contributed by atoms with Crippen LogP contribution in [0.1, 0.15) is 22.7 Å². The third-order valence-corrected chi connectivity index (χ3v) is 5.55. The van der Waals surface area contributed by atoms with Crippen molar-refractivity contribution in [3.8, 4) is 0 Å². The first-order valence-electron chi connectivity index (χ1n) is 9.66. The first kappa shape index (κ1) is 21.3. The number of nitrogens with zero attached hydrogens (tertiary/aromatic N) is 2. The zero-order valence-corrected chi connectivity index (χ0v) is 17.6. The molecular weight excluding hydrogens is 432 g/mol. The predicted octanol–water partition coefficient (Wildman–Crippen LogP) is 5.18. The molecule has 1 saturated heterocycles. The van der Waals surface area contributed by atoms with Crippen molar-refractivity contribution in [2.24, 2.45) is 0 Å². The molecule has 1 amide bonds. The average Bonchev–Trinajstić information content (AvgIpc) is 3.05. The summed E-state index contributed by atoms with van der Waals surface area (Å²) < 4.78 is 0. The highest BCUT2D eigenvalue weighted by atomic mass is 35.5. The van der Waals surface area contributed by atoms with Crippen molar-refractivity contribution in [1.29, 1.82) is 0 Å². The van der Waals surface area contributed by atoms with E-state index in [9.17, 15) is 24.8 Å². The molecule has 0 aromatic heterocycles. The molecule has 3 aromatic rings. The summed E-state index contributed by atoms with van der Waals surface area (Å²) in [5, 5.41) is 22.4. The molecule has 0 aliphatic carbocycles. The highest BCUT2D eigenvalue weighted by molar-refractivity contribution is 6.51. The van der Waals surface area contributed by atoms with Crippen LogP contribution in [0.4, 0.5) is 11.4 Å². The number of aliphatic hydroxyl groups excluding tert-OH is 1. The summed E-state index contributed by atoms with van der Waals surface area (Å²) in [5.41, 5.74) is 2.00. The Morgan fingerprint density at radius 2 is 1.56 bits per heavy atom. The number of aryl methyl sites for hydroxylation is 1. The van der Waals surface area contributed by atoms with Gasteiger partial charge in [0, 0.05) is 28.4 Å². The Hall–Kier alpha value is -3.97. The van der Waals surface area contributed by atoms with Gasteiger partial charge in [0.05, 0.1) is 16.5 Å². The largest absolute Gasteiger partial charge is 0.507 e. The Kier molecular flexibility index (Phi) is 5.50. The minimum absolute atomic E-state index is 0.105. The van der Waals surface area contributed by atoms with Gasteiger partial charge in [0.2, 0.25) is 0 Å². The quantitative estimate of drug-likeness (QED) is 0.195. The Morgan fingerprint density at radius 3 is 2.12 bits per heavy atom. The fourth-order valence-electron chi connectivity index (χ4n) is 3.66. The minimum Gasteiger partial charge on any atom is -0.507 e. The third kappa shape index (κ3) is 3.74. The predicted molar refractivity (Wildman–Crippen MR) is 121 cm³/mol. The summed E-state index contributed by atoms with van der Waals surface area (Å²) in [6.45, 7) is 1.91. The topological polar surface area (TPSA) is 101 Å². The molecule has 1 aliphatic heterocycles. The zero-order valence-electron chi connectivity index (χ0n) is 16.9. The molecule has 4 rings (SSSR count). The molecule has 32 heavy (non-hydrogen) atoms. The molecule has 3 aromatic carbocycles. The van der Waals surface area contributed by atoms with E-state index in [-0.39, 0.29) is 16.8 Å². The summed E-state index contributed by atoms with van der Waals surface area (Å²) in [5.74, 6) is -2.04. The van der Waals surface area contributed by atoms with E-state index >= 15 is 0 Å². The summed E-state index contributed by atoms with van der Waals surface area (Å²) >= 11 is 6.02. The van der Waals surface area contributed by atoms with Gasteiger partial charge in [0.15, 0.2) is 0 Å². The number of benzene rings is 3. The standard InChI is InChI=1S/C24H17ClN2O5/c1-14-2-10-18(11-3-14)26-21(15-4-8-17(25)9-5-15)20(23(29)24(26)30)22(28)16-6-12-19(13-7-16)27(31)32/h2-13,21,28H,1H3/b22-20-. The number of aliphatic hydroxyl groups is 1. The van der Waals surface area contributed by atoms with E-state index in [1.807, 2.05) is 19.1 Å². The number of Topliss-reactive ketones (excluding diaryl/α,β-unsaturated/α-hetero) is 1. The van der Waals surface area contributed by atoms with E-state index in [1.165, 1.54) is 29.2 Å². The molecule has 0 saturated carbocycles. The first-order chi connectivity index (χ1) is 15.3. The fraction of sp³-hybridized carbons (Fsp3) is 0.0833. The van der Waals surface area contributed by atoms with Gasteiger partial charge in [-0.2, -0.15) is 0 Å². The molecule has 1 atom stereocenters. The second-order valence-corrected chi connectivity index (χ2v) is 7.80. The molecule has 0 bridgehead atoms. The molecule has 0 radical (unpaired) electrons. The highest BCUT2D eigenvalue weighted by Crippen LogP contribution is 2.42. The van der Waals surface area contributed by atoms with E-state index in [4.69, 9.17) is 11.6 Å². The van der Waals surface area contributed by atoms with Gasteiger partial charge in [-0.15, -0.1) is 0 Å². The van der Waals surface area contributed by atoms with Gasteiger partial charge in [-0.1, -0.05) is 41.4 Å². The summed E-state index contributed by atoms with van der Waals surface area (Å²) in [6.07, 6.45) is 0. The third-order valence-electron chi connectivity index (χ3n) is 5.29. The first-order valence-corrected chi connectivity index (χ1v) is 10.0. The second kappa shape index (κ2) is 8.28. The van der Waals surface area contributed by atoms with E-state index in [1.54, 1.807) is 36.4 Å². The fourth-order valence-corrected chi connectivity index (χ4v) is 3.79. The van der Waals surface area contributed by atoms with Crippen molar-refractivity contribution in [2.45, 2.75) is 13.0 Å². The number of amides is 1. The lowest BCUT2D eigenvalue weighted by molar-refractivity contribution is -0.384. The normalized spacial score (nSPS) is 17.6. The van der Waals surface area contributed by atoms with Crippen molar-refractivity contribution in [3.05, 3.63) is 110 Å². The van der Waals surface area contributed by atoms with Crippen LogP contribution < -0.4 is 4.90 Å². The van der Waals surface area contributed by atoms with Gasteiger partial charge in [-0.3, -0.25) is 24.6 Å². The lowest BCUT2D eigenvalue weighted by Crippen LogP contribution is -2.29.